The molecule has 5 nitrogen and oxygen atoms in total. The van der Waals surface area contributed by atoms with Crippen molar-refractivity contribution in [1.29, 1.82) is 0 Å². The number of piperazine rings is 1. The number of anilines is 1. The molecule has 1 aromatic carbocycles. The third-order valence-corrected chi connectivity index (χ3v) is 5.98. The fourth-order valence-electron chi connectivity index (χ4n) is 2.61. The quantitative estimate of drug-likeness (QED) is 0.841. The van der Waals surface area contributed by atoms with Crippen molar-refractivity contribution in [3.8, 4) is 0 Å². The van der Waals surface area contributed by atoms with Crippen LogP contribution in [0.25, 0.3) is 0 Å². The summed E-state index contributed by atoms with van der Waals surface area (Å²) in [6.45, 7) is 3.98. The zero-order valence-electron chi connectivity index (χ0n) is 11.5. The maximum atomic E-state index is 12.5. The molecular formula is C14H21N3O2S. The van der Waals surface area contributed by atoms with Crippen LogP contribution in [0.1, 0.15) is 12.8 Å². The van der Waals surface area contributed by atoms with E-state index in [9.17, 15) is 8.42 Å². The highest BCUT2D eigenvalue weighted by Crippen LogP contribution is 2.30. The summed E-state index contributed by atoms with van der Waals surface area (Å²) in [6, 6.07) is 6.44. The van der Waals surface area contributed by atoms with Gasteiger partial charge in [-0.2, -0.15) is 4.31 Å². The molecule has 0 unspecified atom stereocenters. The molecule has 1 saturated carbocycles. The number of rotatable bonds is 4. The summed E-state index contributed by atoms with van der Waals surface area (Å²) in [5, 5.41) is 0. The Kier molecular flexibility index (Phi) is 3.70. The fraction of sp³-hybridized carbons (Fsp3) is 0.571. The second kappa shape index (κ2) is 5.35. The van der Waals surface area contributed by atoms with Gasteiger partial charge in [-0.1, -0.05) is 0 Å². The van der Waals surface area contributed by atoms with Crippen LogP contribution in [0.4, 0.5) is 5.69 Å². The lowest BCUT2D eigenvalue weighted by Gasteiger charge is -2.34. The molecular weight excluding hydrogens is 274 g/mol. The van der Waals surface area contributed by atoms with Crippen molar-refractivity contribution in [2.45, 2.75) is 17.7 Å². The molecule has 0 radical (unpaired) electrons. The third-order valence-electron chi connectivity index (χ3n) is 4.06. The molecule has 0 spiro atoms. The Bertz CT molecular complexity index is 559. The number of hydrogen-bond acceptors (Lipinski definition) is 4. The van der Waals surface area contributed by atoms with Crippen LogP contribution in [0.15, 0.2) is 29.2 Å². The lowest BCUT2D eigenvalue weighted by molar-refractivity contribution is 0.182. The summed E-state index contributed by atoms with van der Waals surface area (Å²) in [7, 11) is -3.36. The summed E-state index contributed by atoms with van der Waals surface area (Å²) >= 11 is 0. The van der Waals surface area contributed by atoms with Crippen molar-refractivity contribution < 1.29 is 8.42 Å². The van der Waals surface area contributed by atoms with Crippen molar-refractivity contribution in [2.75, 3.05) is 38.5 Å². The van der Waals surface area contributed by atoms with Crippen molar-refractivity contribution in [2.24, 2.45) is 5.92 Å². The molecule has 0 aromatic heterocycles. The summed E-state index contributed by atoms with van der Waals surface area (Å²) < 4.78 is 26.6. The van der Waals surface area contributed by atoms with Crippen LogP contribution < -0.4 is 5.73 Å². The highest BCUT2D eigenvalue weighted by Gasteiger charge is 2.31. The zero-order valence-corrected chi connectivity index (χ0v) is 12.3. The zero-order chi connectivity index (χ0) is 14.2. The number of benzene rings is 1. The normalized spacial score (nSPS) is 22.0. The predicted molar refractivity (Wildman–Crippen MR) is 78.8 cm³/mol. The van der Waals surface area contributed by atoms with Crippen molar-refractivity contribution >= 4 is 15.7 Å². The van der Waals surface area contributed by atoms with Gasteiger partial charge in [0.2, 0.25) is 10.0 Å². The molecule has 1 saturated heterocycles. The van der Waals surface area contributed by atoms with E-state index in [1.165, 1.54) is 12.8 Å². The molecule has 2 N–H and O–H groups in total. The van der Waals surface area contributed by atoms with Crippen molar-refractivity contribution in [3.63, 3.8) is 0 Å². The van der Waals surface area contributed by atoms with Gasteiger partial charge in [0, 0.05) is 38.4 Å². The number of nitrogens with two attached hydrogens (primary N) is 1. The van der Waals surface area contributed by atoms with Gasteiger partial charge < -0.3 is 10.6 Å². The minimum Gasteiger partial charge on any atom is -0.399 e. The van der Waals surface area contributed by atoms with Crippen LogP contribution in [0.2, 0.25) is 0 Å². The Morgan fingerprint density at radius 1 is 1.05 bits per heavy atom. The average Bonchev–Trinajstić information content (AvgIpc) is 3.24. The first-order valence-corrected chi connectivity index (χ1v) is 8.58. The van der Waals surface area contributed by atoms with E-state index in [4.69, 9.17) is 5.73 Å². The molecule has 0 atom stereocenters. The number of nitrogen functional groups attached to an aromatic ring is 1. The first-order valence-electron chi connectivity index (χ1n) is 7.14. The largest absolute Gasteiger partial charge is 0.399 e. The summed E-state index contributed by atoms with van der Waals surface area (Å²) in [4.78, 5) is 2.72. The maximum absolute atomic E-state index is 12.5. The molecule has 0 amide bonds. The number of sulfonamides is 1. The Hall–Kier alpha value is -1.11. The maximum Gasteiger partial charge on any atom is 0.243 e. The van der Waals surface area contributed by atoms with Gasteiger partial charge >= 0.3 is 0 Å². The minimum absolute atomic E-state index is 0.336. The predicted octanol–water partition coefficient (Wildman–Crippen LogP) is 0.985. The van der Waals surface area contributed by atoms with E-state index in [0.29, 0.717) is 23.7 Å². The Morgan fingerprint density at radius 3 is 2.20 bits per heavy atom. The first kappa shape index (κ1) is 13.9. The second-order valence-electron chi connectivity index (χ2n) is 5.72. The van der Waals surface area contributed by atoms with Gasteiger partial charge in [-0.3, -0.25) is 0 Å². The third kappa shape index (κ3) is 2.97. The highest BCUT2D eigenvalue weighted by atomic mass is 32.2. The Morgan fingerprint density at radius 2 is 1.65 bits per heavy atom. The molecule has 3 rings (SSSR count). The Balaban J connectivity index is 1.65. The number of hydrogen-bond donors (Lipinski definition) is 1. The van der Waals surface area contributed by atoms with Crippen molar-refractivity contribution in [3.05, 3.63) is 24.3 Å². The van der Waals surface area contributed by atoms with E-state index in [1.54, 1.807) is 28.6 Å². The Labute approximate surface area is 120 Å². The number of nitrogens with zero attached hydrogens (tertiary/aromatic N) is 2. The molecule has 1 aliphatic carbocycles. The second-order valence-corrected chi connectivity index (χ2v) is 7.66. The minimum atomic E-state index is -3.36. The van der Waals surface area contributed by atoms with Gasteiger partial charge in [0.15, 0.2) is 0 Å². The molecule has 6 heteroatoms. The molecule has 2 aliphatic rings. The highest BCUT2D eigenvalue weighted by molar-refractivity contribution is 7.89. The van der Waals surface area contributed by atoms with Gasteiger partial charge in [-0.05, 0) is 43.0 Å². The van der Waals surface area contributed by atoms with Crippen LogP contribution in [0, 0.1) is 5.92 Å². The van der Waals surface area contributed by atoms with E-state index >= 15 is 0 Å². The van der Waals surface area contributed by atoms with E-state index < -0.39 is 10.0 Å². The van der Waals surface area contributed by atoms with Crippen LogP contribution in [-0.2, 0) is 10.0 Å². The van der Waals surface area contributed by atoms with Gasteiger partial charge in [0.05, 0.1) is 4.90 Å². The van der Waals surface area contributed by atoms with Crippen LogP contribution >= 0.6 is 0 Å². The molecule has 0 bridgehead atoms. The molecule has 20 heavy (non-hydrogen) atoms. The standard InChI is InChI=1S/C14H21N3O2S/c15-13-3-5-14(6-4-13)20(18,19)17-9-7-16(8-10-17)11-12-1-2-12/h3-6,12H,1-2,7-11,15H2. The molecule has 2 fully saturated rings. The average molecular weight is 295 g/mol. The molecule has 1 aromatic rings. The van der Waals surface area contributed by atoms with Crippen LogP contribution in [-0.4, -0.2) is 50.3 Å². The molecule has 1 aliphatic heterocycles. The summed E-state index contributed by atoms with van der Waals surface area (Å²) in [5.41, 5.74) is 6.19. The van der Waals surface area contributed by atoms with E-state index in [1.807, 2.05) is 0 Å². The van der Waals surface area contributed by atoms with Gasteiger partial charge in [-0.15, -0.1) is 0 Å². The molecule has 110 valence electrons. The van der Waals surface area contributed by atoms with Gasteiger partial charge in [0.1, 0.15) is 0 Å². The lowest BCUT2D eigenvalue weighted by Crippen LogP contribution is -2.49. The van der Waals surface area contributed by atoms with E-state index in [2.05, 4.69) is 4.90 Å². The smallest absolute Gasteiger partial charge is 0.243 e. The lowest BCUT2D eigenvalue weighted by atomic mass is 10.3. The summed E-state index contributed by atoms with van der Waals surface area (Å²) in [5.74, 6) is 0.857. The van der Waals surface area contributed by atoms with E-state index in [-0.39, 0.29) is 0 Å². The van der Waals surface area contributed by atoms with Crippen LogP contribution in [0.5, 0.6) is 0 Å². The van der Waals surface area contributed by atoms with E-state index in [0.717, 1.165) is 25.6 Å². The monoisotopic (exact) mass is 295 g/mol. The SMILES string of the molecule is Nc1ccc(S(=O)(=O)N2CCN(CC3CC3)CC2)cc1. The fourth-order valence-corrected chi connectivity index (χ4v) is 4.03. The molecule has 1 heterocycles. The van der Waals surface area contributed by atoms with Crippen LogP contribution in [0.3, 0.4) is 0 Å². The first-order chi connectivity index (χ1) is 9.55. The van der Waals surface area contributed by atoms with Gasteiger partial charge in [0.25, 0.3) is 0 Å². The van der Waals surface area contributed by atoms with Crippen molar-refractivity contribution in [1.82, 2.24) is 9.21 Å². The summed E-state index contributed by atoms with van der Waals surface area (Å²) in [6.07, 6.45) is 2.67. The topological polar surface area (TPSA) is 66.6 Å². The van der Waals surface area contributed by atoms with Gasteiger partial charge in [-0.25, -0.2) is 8.42 Å².